The van der Waals surface area contributed by atoms with Gasteiger partial charge in [-0.15, -0.1) is 11.6 Å². The first-order chi connectivity index (χ1) is 9.13. The fourth-order valence-electron chi connectivity index (χ4n) is 1.95. The highest BCUT2D eigenvalue weighted by Crippen LogP contribution is 2.32. The molecule has 1 atom stereocenters. The van der Waals surface area contributed by atoms with Gasteiger partial charge in [0.1, 0.15) is 11.6 Å². The third-order valence-corrected chi connectivity index (χ3v) is 3.47. The lowest BCUT2D eigenvalue weighted by Gasteiger charge is -2.13. The van der Waals surface area contributed by atoms with Crippen LogP contribution in [0.5, 0.6) is 5.75 Å². The maximum Gasteiger partial charge on any atom is 0.131 e. The van der Waals surface area contributed by atoms with E-state index in [1.165, 1.54) is 0 Å². The third-order valence-electron chi connectivity index (χ3n) is 2.98. The molecule has 0 fully saturated rings. The number of halogens is 2. The Morgan fingerprint density at radius 1 is 1.16 bits per heavy atom. The molecule has 0 saturated heterocycles. The van der Waals surface area contributed by atoms with Crippen LogP contribution in [0.25, 0.3) is 0 Å². The van der Waals surface area contributed by atoms with Crippen molar-refractivity contribution < 1.29 is 9.13 Å². The molecule has 3 heteroatoms. The van der Waals surface area contributed by atoms with Crippen LogP contribution in [-0.4, -0.2) is 6.61 Å². The lowest BCUT2D eigenvalue weighted by Crippen LogP contribution is -1.99. The summed E-state index contributed by atoms with van der Waals surface area (Å²) >= 11 is 6.36. The van der Waals surface area contributed by atoms with Crippen LogP contribution < -0.4 is 4.74 Å². The Hall–Kier alpha value is -1.54. The van der Waals surface area contributed by atoms with Crippen LogP contribution in [0.15, 0.2) is 42.5 Å². The summed E-state index contributed by atoms with van der Waals surface area (Å²) in [6.07, 6.45) is 0. The number of aryl methyl sites for hydroxylation is 1. The Kier molecular flexibility index (Phi) is 4.43. The van der Waals surface area contributed by atoms with Gasteiger partial charge < -0.3 is 4.74 Å². The van der Waals surface area contributed by atoms with E-state index in [2.05, 4.69) is 0 Å². The van der Waals surface area contributed by atoms with E-state index in [0.29, 0.717) is 17.7 Å². The van der Waals surface area contributed by atoms with Crippen molar-refractivity contribution in [3.63, 3.8) is 0 Å². The number of hydrogen-bond donors (Lipinski definition) is 0. The van der Waals surface area contributed by atoms with Gasteiger partial charge in [-0.05, 0) is 37.1 Å². The summed E-state index contributed by atoms with van der Waals surface area (Å²) < 4.78 is 19.4. The molecule has 0 heterocycles. The van der Waals surface area contributed by atoms with Crippen molar-refractivity contribution in [2.75, 3.05) is 6.61 Å². The Bertz CT molecular complexity index is 551. The maximum absolute atomic E-state index is 14.0. The average molecular weight is 279 g/mol. The van der Waals surface area contributed by atoms with Gasteiger partial charge in [0.2, 0.25) is 0 Å². The molecule has 0 aliphatic heterocycles. The molecule has 2 rings (SSSR count). The molecule has 2 aromatic rings. The lowest BCUT2D eigenvalue weighted by atomic mass is 10.0. The Labute approximate surface area is 118 Å². The van der Waals surface area contributed by atoms with E-state index in [-0.39, 0.29) is 5.82 Å². The Morgan fingerprint density at radius 2 is 1.84 bits per heavy atom. The van der Waals surface area contributed by atoms with Gasteiger partial charge in [0, 0.05) is 5.56 Å². The molecule has 100 valence electrons. The minimum absolute atomic E-state index is 0.239. The molecule has 0 spiro atoms. The van der Waals surface area contributed by atoms with Crippen LogP contribution >= 0.6 is 11.6 Å². The van der Waals surface area contributed by atoms with Crippen molar-refractivity contribution in [3.8, 4) is 5.75 Å². The number of benzene rings is 2. The first kappa shape index (κ1) is 13.9. The van der Waals surface area contributed by atoms with Gasteiger partial charge in [0.05, 0.1) is 12.0 Å². The van der Waals surface area contributed by atoms with Crippen molar-refractivity contribution >= 4 is 11.6 Å². The van der Waals surface area contributed by atoms with Gasteiger partial charge >= 0.3 is 0 Å². The van der Waals surface area contributed by atoms with Crippen LogP contribution in [0.3, 0.4) is 0 Å². The molecule has 0 amide bonds. The highest BCUT2D eigenvalue weighted by molar-refractivity contribution is 6.22. The minimum atomic E-state index is -0.490. The molecule has 0 aromatic heterocycles. The number of alkyl halides is 1. The first-order valence-corrected chi connectivity index (χ1v) is 6.69. The van der Waals surface area contributed by atoms with Crippen molar-refractivity contribution in [2.24, 2.45) is 0 Å². The molecule has 19 heavy (non-hydrogen) atoms. The predicted octanol–water partition coefficient (Wildman–Crippen LogP) is 4.86. The summed E-state index contributed by atoms with van der Waals surface area (Å²) in [5.41, 5.74) is 1.97. The van der Waals surface area contributed by atoms with Gasteiger partial charge in [-0.2, -0.15) is 0 Å². The Balaban J connectivity index is 2.28. The van der Waals surface area contributed by atoms with Crippen LogP contribution in [0.1, 0.15) is 29.0 Å². The first-order valence-electron chi connectivity index (χ1n) is 6.25. The van der Waals surface area contributed by atoms with Crippen LogP contribution in [0.4, 0.5) is 4.39 Å². The molecular formula is C16H16ClFO. The second kappa shape index (κ2) is 6.07. The fraction of sp³-hybridized carbons (Fsp3) is 0.250. The van der Waals surface area contributed by atoms with Crippen molar-refractivity contribution in [3.05, 3.63) is 65.0 Å². The highest BCUT2D eigenvalue weighted by atomic mass is 35.5. The summed E-state index contributed by atoms with van der Waals surface area (Å²) in [6, 6.07) is 12.7. The molecule has 0 saturated carbocycles. The molecule has 0 bridgehead atoms. The SMILES string of the molecule is CCOc1ccc(C(Cl)c2cccc(C)c2F)cc1. The number of rotatable bonds is 4. The zero-order valence-electron chi connectivity index (χ0n) is 11.0. The van der Waals surface area contributed by atoms with Crippen LogP contribution in [0, 0.1) is 12.7 Å². The summed E-state index contributed by atoms with van der Waals surface area (Å²) in [6.45, 7) is 4.29. The van der Waals surface area contributed by atoms with E-state index in [9.17, 15) is 4.39 Å². The third kappa shape index (κ3) is 3.07. The lowest BCUT2D eigenvalue weighted by molar-refractivity contribution is 0.340. The summed E-state index contributed by atoms with van der Waals surface area (Å²) in [7, 11) is 0. The molecule has 2 aromatic carbocycles. The van der Waals surface area contributed by atoms with E-state index < -0.39 is 5.38 Å². The molecule has 1 nitrogen and oxygen atoms in total. The monoisotopic (exact) mass is 278 g/mol. The zero-order chi connectivity index (χ0) is 13.8. The van der Waals surface area contributed by atoms with Crippen LogP contribution in [0.2, 0.25) is 0 Å². The molecule has 0 aliphatic rings. The standard InChI is InChI=1S/C16H16ClFO/c1-3-19-13-9-7-12(8-10-13)15(17)14-6-4-5-11(2)16(14)18/h4-10,15H,3H2,1-2H3. The topological polar surface area (TPSA) is 9.23 Å². The van der Waals surface area contributed by atoms with E-state index in [1.807, 2.05) is 37.3 Å². The maximum atomic E-state index is 14.0. The Morgan fingerprint density at radius 3 is 2.47 bits per heavy atom. The molecular weight excluding hydrogens is 263 g/mol. The van der Waals surface area contributed by atoms with E-state index in [1.54, 1.807) is 19.1 Å². The van der Waals surface area contributed by atoms with Gasteiger partial charge in [-0.25, -0.2) is 4.39 Å². The zero-order valence-corrected chi connectivity index (χ0v) is 11.7. The molecule has 0 N–H and O–H groups in total. The highest BCUT2D eigenvalue weighted by Gasteiger charge is 2.16. The second-order valence-electron chi connectivity index (χ2n) is 4.34. The summed E-state index contributed by atoms with van der Waals surface area (Å²) in [4.78, 5) is 0. The van der Waals surface area contributed by atoms with Gasteiger partial charge in [0.25, 0.3) is 0 Å². The van der Waals surface area contributed by atoms with Gasteiger partial charge in [0.15, 0.2) is 0 Å². The number of ether oxygens (including phenoxy) is 1. The fourth-order valence-corrected chi connectivity index (χ4v) is 2.26. The smallest absolute Gasteiger partial charge is 0.131 e. The molecule has 0 aliphatic carbocycles. The van der Waals surface area contributed by atoms with Gasteiger partial charge in [-0.3, -0.25) is 0 Å². The van der Waals surface area contributed by atoms with Gasteiger partial charge in [-0.1, -0.05) is 30.3 Å². The van der Waals surface area contributed by atoms with E-state index >= 15 is 0 Å². The predicted molar refractivity (Wildman–Crippen MR) is 76.4 cm³/mol. The van der Waals surface area contributed by atoms with Crippen molar-refractivity contribution in [1.29, 1.82) is 0 Å². The van der Waals surface area contributed by atoms with E-state index in [0.717, 1.165) is 11.3 Å². The normalized spacial score (nSPS) is 12.2. The van der Waals surface area contributed by atoms with E-state index in [4.69, 9.17) is 16.3 Å². The summed E-state index contributed by atoms with van der Waals surface area (Å²) in [5, 5.41) is -0.490. The van der Waals surface area contributed by atoms with Crippen molar-refractivity contribution in [1.82, 2.24) is 0 Å². The second-order valence-corrected chi connectivity index (χ2v) is 4.78. The number of hydrogen-bond acceptors (Lipinski definition) is 1. The largest absolute Gasteiger partial charge is 0.494 e. The average Bonchev–Trinajstić information content (AvgIpc) is 2.42. The van der Waals surface area contributed by atoms with Crippen LogP contribution in [-0.2, 0) is 0 Å². The molecule has 1 unspecified atom stereocenters. The quantitative estimate of drug-likeness (QED) is 0.726. The summed E-state index contributed by atoms with van der Waals surface area (Å²) in [5.74, 6) is 0.552. The molecule has 0 radical (unpaired) electrons. The minimum Gasteiger partial charge on any atom is -0.494 e. The van der Waals surface area contributed by atoms with Crippen molar-refractivity contribution in [2.45, 2.75) is 19.2 Å².